The molecular formula is C14H15BrN4O2. The van der Waals surface area contributed by atoms with Crippen LogP contribution in [0.25, 0.3) is 10.9 Å². The molecule has 0 bridgehead atoms. The Morgan fingerprint density at radius 1 is 1.52 bits per heavy atom. The van der Waals surface area contributed by atoms with Crippen LogP contribution >= 0.6 is 15.9 Å². The molecule has 3 rings (SSSR count). The number of nitrogens with zero attached hydrogens (tertiary/aromatic N) is 2. The second-order valence-corrected chi connectivity index (χ2v) is 6.01. The van der Waals surface area contributed by atoms with Crippen molar-refractivity contribution >= 4 is 32.7 Å². The third-order valence-corrected chi connectivity index (χ3v) is 4.02. The van der Waals surface area contributed by atoms with Crippen LogP contribution < -0.4 is 16.2 Å². The number of carbonyl (C=O) groups excluding carboxylic acids is 1. The average Bonchev–Trinajstić information content (AvgIpc) is 2.95. The zero-order chi connectivity index (χ0) is 14.8. The SMILES string of the molecule is O=C(Cn1cnc2ccc(Br)cc2c1=O)NC1CCNC1. The van der Waals surface area contributed by atoms with E-state index < -0.39 is 0 Å². The monoisotopic (exact) mass is 350 g/mol. The van der Waals surface area contributed by atoms with Crippen molar-refractivity contribution in [2.45, 2.75) is 19.0 Å². The van der Waals surface area contributed by atoms with Crippen LogP contribution in [0.1, 0.15) is 6.42 Å². The molecule has 0 aliphatic carbocycles. The van der Waals surface area contributed by atoms with Crippen LogP contribution in [0.2, 0.25) is 0 Å². The Kier molecular flexibility index (Phi) is 4.03. The number of hydrogen-bond acceptors (Lipinski definition) is 4. The van der Waals surface area contributed by atoms with E-state index in [2.05, 4.69) is 31.5 Å². The minimum Gasteiger partial charge on any atom is -0.350 e. The third kappa shape index (κ3) is 3.14. The lowest BCUT2D eigenvalue weighted by molar-refractivity contribution is -0.122. The number of halogens is 1. The van der Waals surface area contributed by atoms with Gasteiger partial charge in [-0.2, -0.15) is 0 Å². The van der Waals surface area contributed by atoms with Crippen molar-refractivity contribution in [2.24, 2.45) is 0 Å². The molecule has 0 saturated carbocycles. The summed E-state index contributed by atoms with van der Waals surface area (Å²) in [6, 6.07) is 5.48. The lowest BCUT2D eigenvalue weighted by Crippen LogP contribution is -2.39. The van der Waals surface area contributed by atoms with Crippen LogP contribution in [0, 0.1) is 0 Å². The first-order valence-electron chi connectivity index (χ1n) is 6.78. The first kappa shape index (κ1) is 14.2. The van der Waals surface area contributed by atoms with E-state index in [1.54, 1.807) is 12.1 Å². The molecule has 2 heterocycles. The van der Waals surface area contributed by atoms with Gasteiger partial charge in [0.1, 0.15) is 6.54 Å². The fourth-order valence-electron chi connectivity index (χ4n) is 2.45. The number of benzene rings is 1. The summed E-state index contributed by atoms with van der Waals surface area (Å²) in [7, 11) is 0. The van der Waals surface area contributed by atoms with Gasteiger partial charge in [-0.25, -0.2) is 4.98 Å². The fraction of sp³-hybridized carbons (Fsp3) is 0.357. The van der Waals surface area contributed by atoms with E-state index in [1.807, 2.05) is 6.07 Å². The van der Waals surface area contributed by atoms with Gasteiger partial charge in [0.25, 0.3) is 5.56 Å². The van der Waals surface area contributed by atoms with Crippen molar-refractivity contribution in [1.29, 1.82) is 0 Å². The Labute approximate surface area is 129 Å². The maximum absolute atomic E-state index is 12.4. The molecule has 1 aliphatic heterocycles. The molecule has 2 aromatic rings. The van der Waals surface area contributed by atoms with Crippen LogP contribution in [-0.4, -0.2) is 34.6 Å². The summed E-state index contributed by atoms with van der Waals surface area (Å²) < 4.78 is 2.15. The number of hydrogen-bond donors (Lipinski definition) is 2. The highest BCUT2D eigenvalue weighted by Crippen LogP contribution is 2.14. The Morgan fingerprint density at radius 3 is 3.14 bits per heavy atom. The number of amides is 1. The molecule has 1 unspecified atom stereocenters. The van der Waals surface area contributed by atoms with Gasteiger partial charge in [0, 0.05) is 17.1 Å². The van der Waals surface area contributed by atoms with E-state index in [1.165, 1.54) is 10.9 Å². The predicted molar refractivity (Wildman–Crippen MR) is 83.1 cm³/mol. The number of carbonyl (C=O) groups is 1. The predicted octanol–water partition coefficient (Wildman–Crippen LogP) is 0.637. The molecule has 1 fully saturated rings. The van der Waals surface area contributed by atoms with Crippen LogP contribution in [0.15, 0.2) is 33.8 Å². The smallest absolute Gasteiger partial charge is 0.261 e. The highest BCUT2D eigenvalue weighted by Gasteiger charge is 2.17. The molecule has 0 spiro atoms. The largest absolute Gasteiger partial charge is 0.350 e. The molecule has 2 N–H and O–H groups in total. The molecule has 21 heavy (non-hydrogen) atoms. The Balaban J connectivity index is 1.81. The normalized spacial score (nSPS) is 18.0. The van der Waals surface area contributed by atoms with Gasteiger partial charge in [-0.1, -0.05) is 15.9 Å². The molecule has 1 aliphatic rings. The summed E-state index contributed by atoms with van der Waals surface area (Å²) in [4.78, 5) is 28.6. The molecule has 1 aromatic heterocycles. The van der Waals surface area contributed by atoms with E-state index in [-0.39, 0.29) is 24.1 Å². The summed E-state index contributed by atoms with van der Waals surface area (Å²) in [5.41, 5.74) is 0.417. The van der Waals surface area contributed by atoms with Crippen molar-refractivity contribution in [3.8, 4) is 0 Å². The van der Waals surface area contributed by atoms with Crippen molar-refractivity contribution < 1.29 is 4.79 Å². The average molecular weight is 351 g/mol. The molecule has 1 amide bonds. The number of fused-ring (bicyclic) bond motifs is 1. The minimum atomic E-state index is -0.207. The quantitative estimate of drug-likeness (QED) is 0.851. The Bertz CT molecular complexity index is 737. The van der Waals surface area contributed by atoms with E-state index in [0.717, 1.165) is 24.0 Å². The molecular weight excluding hydrogens is 336 g/mol. The number of rotatable bonds is 3. The van der Waals surface area contributed by atoms with E-state index in [4.69, 9.17) is 0 Å². The highest BCUT2D eigenvalue weighted by atomic mass is 79.9. The second-order valence-electron chi connectivity index (χ2n) is 5.10. The molecule has 1 atom stereocenters. The zero-order valence-electron chi connectivity index (χ0n) is 11.3. The van der Waals surface area contributed by atoms with Crippen molar-refractivity contribution in [2.75, 3.05) is 13.1 Å². The summed E-state index contributed by atoms with van der Waals surface area (Å²) in [5.74, 6) is -0.165. The van der Waals surface area contributed by atoms with Crippen molar-refractivity contribution in [1.82, 2.24) is 20.2 Å². The van der Waals surface area contributed by atoms with Gasteiger partial charge >= 0.3 is 0 Å². The van der Waals surface area contributed by atoms with Crippen molar-refractivity contribution in [3.63, 3.8) is 0 Å². The third-order valence-electron chi connectivity index (χ3n) is 3.53. The van der Waals surface area contributed by atoms with Crippen LogP contribution in [0.4, 0.5) is 0 Å². The van der Waals surface area contributed by atoms with Crippen molar-refractivity contribution in [3.05, 3.63) is 39.4 Å². The highest BCUT2D eigenvalue weighted by molar-refractivity contribution is 9.10. The van der Waals surface area contributed by atoms with Gasteiger partial charge in [-0.15, -0.1) is 0 Å². The molecule has 7 heteroatoms. The van der Waals surface area contributed by atoms with Gasteiger partial charge in [0.15, 0.2) is 0 Å². The Morgan fingerprint density at radius 2 is 2.38 bits per heavy atom. The molecule has 1 saturated heterocycles. The lowest BCUT2D eigenvalue weighted by atomic mass is 10.2. The Hall–Kier alpha value is -1.73. The molecule has 110 valence electrons. The molecule has 1 aromatic carbocycles. The lowest BCUT2D eigenvalue weighted by Gasteiger charge is -2.12. The summed E-state index contributed by atoms with van der Waals surface area (Å²) in [5, 5.41) is 6.60. The standard InChI is InChI=1S/C14H15BrN4O2/c15-9-1-2-12-11(5-9)14(21)19(8-17-12)7-13(20)18-10-3-4-16-6-10/h1-2,5,8,10,16H,3-4,6-7H2,(H,18,20). The van der Waals surface area contributed by atoms with Gasteiger partial charge in [0.05, 0.1) is 17.2 Å². The summed E-state index contributed by atoms with van der Waals surface area (Å²) in [6.07, 6.45) is 2.34. The first-order valence-corrected chi connectivity index (χ1v) is 7.57. The number of nitrogens with one attached hydrogen (secondary N) is 2. The minimum absolute atomic E-state index is 0.00914. The summed E-state index contributed by atoms with van der Waals surface area (Å²) >= 11 is 3.34. The van der Waals surface area contributed by atoms with Gasteiger partial charge in [-0.05, 0) is 31.2 Å². The molecule has 0 radical (unpaired) electrons. The van der Waals surface area contributed by atoms with Crippen LogP contribution in [0.5, 0.6) is 0 Å². The first-order chi connectivity index (χ1) is 10.1. The van der Waals surface area contributed by atoms with Crippen LogP contribution in [-0.2, 0) is 11.3 Å². The maximum Gasteiger partial charge on any atom is 0.261 e. The van der Waals surface area contributed by atoms with E-state index >= 15 is 0 Å². The fourth-order valence-corrected chi connectivity index (χ4v) is 2.81. The number of aromatic nitrogens is 2. The van der Waals surface area contributed by atoms with Gasteiger partial charge in [0.2, 0.25) is 5.91 Å². The zero-order valence-corrected chi connectivity index (χ0v) is 12.9. The topological polar surface area (TPSA) is 76.0 Å². The van der Waals surface area contributed by atoms with Gasteiger partial charge in [-0.3, -0.25) is 14.2 Å². The molecule has 6 nitrogen and oxygen atoms in total. The van der Waals surface area contributed by atoms with E-state index in [9.17, 15) is 9.59 Å². The van der Waals surface area contributed by atoms with Crippen LogP contribution in [0.3, 0.4) is 0 Å². The maximum atomic E-state index is 12.4. The second kappa shape index (κ2) is 5.95. The summed E-state index contributed by atoms with van der Waals surface area (Å²) in [6.45, 7) is 1.69. The van der Waals surface area contributed by atoms with Gasteiger partial charge < -0.3 is 10.6 Å². The van der Waals surface area contributed by atoms with E-state index in [0.29, 0.717) is 10.9 Å².